The number of rotatable bonds is 5. The molecule has 100 valence electrons. The minimum atomic E-state index is 0.242. The predicted molar refractivity (Wildman–Crippen MR) is 73.2 cm³/mol. The van der Waals surface area contributed by atoms with Crippen molar-refractivity contribution < 1.29 is 9.84 Å². The molecule has 0 saturated carbocycles. The van der Waals surface area contributed by atoms with Crippen LogP contribution in [0.2, 0.25) is 5.02 Å². The number of piperidine rings is 1. The van der Waals surface area contributed by atoms with E-state index >= 15 is 0 Å². The normalized spacial score (nSPS) is 20.9. The van der Waals surface area contributed by atoms with Gasteiger partial charge in [-0.15, -0.1) is 0 Å². The van der Waals surface area contributed by atoms with Gasteiger partial charge in [0.2, 0.25) is 0 Å². The summed E-state index contributed by atoms with van der Waals surface area (Å²) in [7, 11) is 0. The summed E-state index contributed by atoms with van der Waals surface area (Å²) >= 11 is 6.02. The molecule has 3 nitrogen and oxygen atoms in total. The lowest BCUT2D eigenvalue weighted by molar-refractivity contribution is 0.0773. The maximum Gasteiger partial charge on any atom is 0.137 e. The largest absolute Gasteiger partial charge is 0.491 e. The van der Waals surface area contributed by atoms with E-state index in [9.17, 15) is 5.11 Å². The van der Waals surface area contributed by atoms with Gasteiger partial charge in [0.05, 0.1) is 11.6 Å². The summed E-state index contributed by atoms with van der Waals surface area (Å²) in [6.45, 7) is 2.75. The number of hydrogen-bond donors (Lipinski definition) is 1. The Balaban J connectivity index is 1.79. The number of benzene rings is 1. The second kappa shape index (κ2) is 6.98. The molecule has 1 atom stereocenters. The van der Waals surface area contributed by atoms with Crippen LogP contribution in [0.25, 0.3) is 0 Å². The number of ether oxygens (including phenoxy) is 1. The van der Waals surface area contributed by atoms with Gasteiger partial charge in [-0.05, 0) is 31.5 Å². The molecule has 0 aliphatic carbocycles. The van der Waals surface area contributed by atoms with Crippen LogP contribution in [-0.2, 0) is 0 Å². The smallest absolute Gasteiger partial charge is 0.137 e. The van der Waals surface area contributed by atoms with E-state index in [-0.39, 0.29) is 6.61 Å². The molecular weight excluding hydrogens is 250 g/mol. The Morgan fingerprint density at radius 2 is 2.17 bits per heavy atom. The molecule has 0 aromatic heterocycles. The van der Waals surface area contributed by atoms with Gasteiger partial charge in [-0.1, -0.05) is 30.2 Å². The third-order valence-electron chi connectivity index (χ3n) is 3.43. The molecule has 1 aromatic rings. The van der Waals surface area contributed by atoms with Crippen LogP contribution in [0.5, 0.6) is 5.75 Å². The molecule has 1 unspecified atom stereocenters. The minimum absolute atomic E-state index is 0.242. The predicted octanol–water partition coefficient (Wildman–Crippen LogP) is 2.57. The van der Waals surface area contributed by atoms with Crippen molar-refractivity contribution in [3.8, 4) is 5.75 Å². The van der Waals surface area contributed by atoms with Gasteiger partial charge in [-0.2, -0.15) is 0 Å². The summed E-state index contributed by atoms with van der Waals surface area (Å²) < 4.78 is 5.68. The first-order valence-corrected chi connectivity index (χ1v) is 6.91. The Bertz CT molecular complexity index is 373. The fourth-order valence-corrected chi connectivity index (χ4v) is 2.59. The van der Waals surface area contributed by atoms with E-state index in [0.717, 1.165) is 25.3 Å². The van der Waals surface area contributed by atoms with E-state index in [1.165, 1.54) is 12.8 Å². The first kappa shape index (κ1) is 13.7. The molecule has 1 saturated heterocycles. The molecule has 1 fully saturated rings. The molecule has 0 radical (unpaired) electrons. The zero-order valence-electron chi connectivity index (χ0n) is 10.5. The number of hydrogen-bond acceptors (Lipinski definition) is 3. The van der Waals surface area contributed by atoms with Gasteiger partial charge in [-0.3, -0.25) is 4.90 Å². The van der Waals surface area contributed by atoms with Crippen molar-refractivity contribution in [2.75, 3.05) is 26.3 Å². The van der Waals surface area contributed by atoms with Crippen LogP contribution < -0.4 is 4.74 Å². The van der Waals surface area contributed by atoms with Crippen molar-refractivity contribution in [1.82, 2.24) is 4.90 Å². The zero-order chi connectivity index (χ0) is 12.8. The molecule has 0 bridgehead atoms. The van der Waals surface area contributed by atoms with Crippen LogP contribution in [0.3, 0.4) is 0 Å². The lowest BCUT2D eigenvalue weighted by Crippen LogP contribution is -2.43. The summed E-state index contributed by atoms with van der Waals surface area (Å²) in [5.74, 6) is 0.733. The van der Waals surface area contributed by atoms with Crippen molar-refractivity contribution in [2.45, 2.75) is 25.3 Å². The van der Waals surface area contributed by atoms with E-state index in [0.29, 0.717) is 17.7 Å². The number of nitrogens with zero attached hydrogens (tertiary/aromatic N) is 1. The number of likely N-dealkylation sites (tertiary alicyclic amines) is 1. The highest BCUT2D eigenvalue weighted by Gasteiger charge is 2.21. The molecule has 1 aliphatic rings. The minimum Gasteiger partial charge on any atom is -0.491 e. The Morgan fingerprint density at radius 1 is 1.33 bits per heavy atom. The fraction of sp³-hybridized carbons (Fsp3) is 0.571. The molecular formula is C14H20ClNO2. The number of aliphatic hydroxyl groups is 1. The Hall–Kier alpha value is -0.770. The highest BCUT2D eigenvalue weighted by Crippen LogP contribution is 2.23. The number of halogens is 1. The van der Waals surface area contributed by atoms with Crippen molar-refractivity contribution in [3.05, 3.63) is 29.3 Å². The van der Waals surface area contributed by atoms with Gasteiger partial charge in [0.25, 0.3) is 0 Å². The first-order valence-electron chi connectivity index (χ1n) is 6.53. The van der Waals surface area contributed by atoms with Gasteiger partial charge in [-0.25, -0.2) is 0 Å². The number of para-hydroxylation sites is 1. The monoisotopic (exact) mass is 269 g/mol. The zero-order valence-corrected chi connectivity index (χ0v) is 11.3. The van der Waals surface area contributed by atoms with Crippen molar-refractivity contribution in [1.29, 1.82) is 0 Å². The topological polar surface area (TPSA) is 32.7 Å². The molecule has 1 aromatic carbocycles. The van der Waals surface area contributed by atoms with Crippen molar-refractivity contribution >= 4 is 11.6 Å². The van der Waals surface area contributed by atoms with Crippen LogP contribution in [0.15, 0.2) is 24.3 Å². The Morgan fingerprint density at radius 3 is 2.94 bits per heavy atom. The average Bonchev–Trinajstić information content (AvgIpc) is 2.41. The van der Waals surface area contributed by atoms with Gasteiger partial charge in [0.15, 0.2) is 0 Å². The molecule has 4 heteroatoms. The SMILES string of the molecule is OCC1CCCCN1CCOc1ccccc1Cl. The third-order valence-corrected chi connectivity index (χ3v) is 3.74. The van der Waals surface area contributed by atoms with Crippen molar-refractivity contribution in [2.24, 2.45) is 0 Å². The Kier molecular flexibility index (Phi) is 5.29. The molecule has 1 N–H and O–H groups in total. The van der Waals surface area contributed by atoms with Crippen LogP contribution >= 0.6 is 11.6 Å². The second-order valence-electron chi connectivity index (χ2n) is 4.65. The first-order chi connectivity index (χ1) is 8.81. The lowest BCUT2D eigenvalue weighted by atomic mass is 10.0. The van der Waals surface area contributed by atoms with Crippen LogP contribution in [0, 0.1) is 0 Å². The van der Waals surface area contributed by atoms with Crippen LogP contribution in [0.1, 0.15) is 19.3 Å². The fourth-order valence-electron chi connectivity index (χ4n) is 2.40. The van der Waals surface area contributed by atoms with Crippen molar-refractivity contribution in [3.63, 3.8) is 0 Å². The van der Waals surface area contributed by atoms with Gasteiger partial charge >= 0.3 is 0 Å². The summed E-state index contributed by atoms with van der Waals surface area (Å²) in [6, 6.07) is 7.81. The lowest BCUT2D eigenvalue weighted by Gasteiger charge is -2.34. The molecule has 2 rings (SSSR count). The molecule has 0 spiro atoms. The highest BCUT2D eigenvalue weighted by molar-refractivity contribution is 6.32. The van der Waals surface area contributed by atoms with E-state index in [1.807, 2.05) is 24.3 Å². The quantitative estimate of drug-likeness (QED) is 0.892. The van der Waals surface area contributed by atoms with Crippen LogP contribution in [0.4, 0.5) is 0 Å². The van der Waals surface area contributed by atoms with Gasteiger partial charge in [0.1, 0.15) is 12.4 Å². The average molecular weight is 270 g/mol. The standard InChI is InChI=1S/C14H20ClNO2/c15-13-6-1-2-7-14(13)18-10-9-16-8-4-3-5-12(16)11-17/h1-2,6-7,12,17H,3-5,8-11H2. The molecule has 1 heterocycles. The highest BCUT2D eigenvalue weighted by atomic mass is 35.5. The van der Waals surface area contributed by atoms with Gasteiger partial charge < -0.3 is 9.84 Å². The molecule has 0 amide bonds. The maximum absolute atomic E-state index is 9.32. The molecule has 18 heavy (non-hydrogen) atoms. The maximum atomic E-state index is 9.32. The van der Waals surface area contributed by atoms with Crippen LogP contribution in [-0.4, -0.2) is 42.4 Å². The summed E-state index contributed by atoms with van der Waals surface area (Å²) in [4.78, 5) is 2.31. The Labute approximate surface area is 113 Å². The van der Waals surface area contributed by atoms with E-state index < -0.39 is 0 Å². The second-order valence-corrected chi connectivity index (χ2v) is 5.05. The van der Waals surface area contributed by atoms with E-state index in [4.69, 9.17) is 16.3 Å². The summed E-state index contributed by atoms with van der Waals surface area (Å²) in [5.41, 5.74) is 0. The van der Waals surface area contributed by atoms with Gasteiger partial charge in [0, 0.05) is 12.6 Å². The third kappa shape index (κ3) is 3.61. The van der Waals surface area contributed by atoms with E-state index in [1.54, 1.807) is 0 Å². The molecule has 1 aliphatic heterocycles. The number of aliphatic hydroxyl groups excluding tert-OH is 1. The summed E-state index contributed by atoms with van der Waals surface area (Å²) in [6.07, 6.45) is 3.51. The summed E-state index contributed by atoms with van der Waals surface area (Å²) in [5, 5.41) is 9.97. The van der Waals surface area contributed by atoms with E-state index in [2.05, 4.69) is 4.90 Å².